The molecule has 0 saturated heterocycles. The Hall–Kier alpha value is -8.54. The van der Waals surface area contributed by atoms with E-state index in [1.165, 1.54) is 22.3 Å². The SMILES string of the molecule is C.Cn1cnc(CN(CCc2ccc(Br)cc2)Cc2ccc(Oc3ccccc3)cc2)n1.[C-]#[N+]c1ccc(CO)cc1.[C-]#[N+]c1ccc(C[n+]2cn(C)nc2CN(CCc2ccc(Br)cc2)Cc2ccc(Oc3ccccc3)cc2)cc1. The second kappa shape index (κ2) is 32.0. The van der Waals surface area contributed by atoms with E-state index in [-0.39, 0.29) is 14.0 Å². The fraction of sp³-hybridized carbons (Fsp3) is 0.194. The largest absolute Gasteiger partial charge is 0.457 e. The summed E-state index contributed by atoms with van der Waals surface area (Å²) in [5, 5.41) is 17.9. The van der Waals surface area contributed by atoms with Gasteiger partial charge < -0.3 is 14.6 Å². The van der Waals surface area contributed by atoms with Crippen molar-refractivity contribution >= 4 is 43.2 Å². The maximum Gasteiger partial charge on any atom is 0.291 e. The molecule has 8 aromatic carbocycles. The number of nitrogens with zero attached hydrogens (tertiary/aromatic N) is 10. The number of hydrogen-bond donors (Lipinski definition) is 1. The zero-order valence-corrected chi connectivity index (χ0v) is 48.5. The van der Waals surface area contributed by atoms with E-state index in [4.69, 9.17) is 32.8 Å². The smallest absolute Gasteiger partial charge is 0.291 e. The van der Waals surface area contributed by atoms with Gasteiger partial charge in [0, 0.05) is 47.3 Å². The highest BCUT2D eigenvalue weighted by atomic mass is 79.9. The number of aromatic nitrogens is 6. The first kappa shape index (κ1) is 61.1. The molecule has 0 radical (unpaired) electrons. The van der Waals surface area contributed by atoms with Crippen molar-refractivity contribution < 1.29 is 19.1 Å². The lowest BCUT2D eigenvalue weighted by Crippen LogP contribution is -2.40. The number of benzene rings is 8. The second-order valence-corrected chi connectivity index (χ2v) is 21.0. The van der Waals surface area contributed by atoms with Gasteiger partial charge >= 0.3 is 0 Å². The molecule has 13 nitrogen and oxygen atoms in total. The van der Waals surface area contributed by atoms with Crippen LogP contribution in [0.5, 0.6) is 23.0 Å². The van der Waals surface area contributed by atoms with Crippen LogP contribution in [-0.4, -0.2) is 52.5 Å². The molecule has 10 rings (SSSR count). The Morgan fingerprint density at radius 3 is 1.33 bits per heavy atom. The third-order valence-corrected chi connectivity index (χ3v) is 13.9. The van der Waals surface area contributed by atoms with E-state index in [1.807, 2.05) is 134 Å². The maximum absolute atomic E-state index is 8.62. The standard InChI is InChI=1S/C33H31BrN5O.C25H25BrN4O.C8H7NO.CH4/c1-35-30-16-10-28(11-17-30)23-39-25-37(2)36-33(39)24-38(21-20-26-8-14-29(34)15-9-26)22-27-12-18-32(19-13-27)40-31-6-4-3-5-7-31;1-29-19-27-25(28-29)18-30(16-15-20-7-11-22(26)12-8-20)17-21-9-13-24(14-10-21)31-23-5-3-2-4-6-23;1-9-8-4-2-7(6-10)3-5-8;/h3-19,25H,20-24H2,2H3;2-14,19H,15-18H2,1H3;2-5,10H,6H2;1H4/q+1;;;. The Kier molecular flexibility index (Phi) is 23.9. The van der Waals surface area contributed by atoms with Crippen molar-refractivity contribution in [1.29, 1.82) is 0 Å². The van der Waals surface area contributed by atoms with E-state index in [2.05, 4.69) is 139 Å². The van der Waals surface area contributed by atoms with E-state index >= 15 is 0 Å². The van der Waals surface area contributed by atoms with Crippen LogP contribution in [0.1, 0.15) is 52.5 Å². The molecule has 0 fully saturated rings. The molecular formula is C67H67Br2N10O3+. The van der Waals surface area contributed by atoms with Crippen LogP contribution < -0.4 is 14.0 Å². The molecule has 2 aromatic heterocycles. The number of halogens is 2. The van der Waals surface area contributed by atoms with Gasteiger partial charge in [0.05, 0.1) is 46.4 Å². The highest BCUT2D eigenvalue weighted by Gasteiger charge is 2.20. The first-order chi connectivity index (χ1) is 39.5. The summed E-state index contributed by atoms with van der Waals surface area (Å²) in [6, 6.07) is 68.0. The number of aryl methyl sites for hydroxylation is 2. The van der Waals surface area contributed by atoms with Crippen LogP contribution in [0.3, 0.4) is 0 Å². The second-order valence-electron chi connectivity index (χ2n) is 19.2. The predicted molar refractivity (Wildman–Crippen MR) is 331 cm³/mol. The first-order valence-electron chi connectivity index (χ1n) is 26.4. The quantitative estimate of drug-likeness (QED) is 0.0560. The molecule has 0 spiro atoms. The Balaban J connectivity index is 0.000000204. The van der Waals surface area contributed by atoms with E-state index in [1.54, 1.807) is 35.3 Å². The van der Waals surface area contributed by atoms with Crippen LogP contribution in [0.25, 0.3) is 9.69 Å². The number of rotatable bonds is 21. The fourth-order valence-corrected chi connectivity index (χ4v) is 9.12. The molecule has 15 heteroatoms. The zero-order chi connectivity index (χ0) is 56.6. The zero-order valence-electron chi connectivity index (χ0n) is 45.3. The van der Waals surface area contributed by atoms with Gasteiger partial charge in [-0.15, -0.1) is 4.68 Å². The van der Waals surface area contributed by atoms with E-state index < -0.39 is 0 Å². The van der Waals surface area contributed by atoms with E-state index in [0.717, 1.165) is 93.7 Å². The Bertz CT molecular complexity index is 3550. The number of hydrogen-bond acceptors (Lipinski definition) is 8. The molecule has 2 heterocycles. The molecule has 0 amide bonds. The number of ether oxygens (including phenoxy) is 2. The van der Waals surface area contributed by atoms with Crippen molar-refractivity contribution in [2.45, 2.75) is 59.6 Å². The molecule has 416 valence electrons. The molecule has 0 unspecified atom stereocenters. The van der Waals surface area contributed by atoms with E-state index in [9.17, 15) is 0 Å². The lowest BCUT2D eigenvalue weighted by molar-refractivity contribution is -0.697. The summed E-state index contributed by atoms with van der Waals surface area (Å²) in [5.74, 6) is 5.16. The molecule has 0 aliphatic carbocycles. The van der Waals surface area contributed by atoms with Crippen LogP contribution in [0, 0.1) is 13.1 Å². The third-order valence-electron chi connectivity index (χ3n) is 12.8. The number of para-hydroxylation sites is 2. The summed E-state index contributed by atoms with van der Waals surface area (Å²) in [7, 11) is 3.85. The highest BCUT2D eigenvalue weighted by molar-refractivity contribution is 9.10. The molecule has 0 atom stereocenters. The molecule has 1 N–H and O–H groups in total. The van der Waals surface area contributed by atoms with Gasteiger partial charge in [-0.3, -0.25) is 14.5 Å². The summed E-state index contributed by atoms with van der Waals surface area (Å²) in [5.41, 5.74) is 8.30. The van der Waals surface area contributed by atoms with E-state index in [0.29, 0.717) is 31.0 Å². The monoisotopic (exact) mass is 1220 g/mol. The van der Waals surface area contributed by atoms with Crippen LogP contribution in [-0.2, 0) is 66.3 Å². The van der Waals surface area contributed by atoms with Gasteiger partial charge in [-0.2, -0.15) is 5.10 Å². The highest BCUT2D eigenvalue weighted by Crippen LogP contribution is 2.25. The summed E-state index contributed by atoms with van der Waals surface area (Å²) in [4.78, 5) is 15.9. The number of aliphatic hydroxyl groups excluding tert-OH is 1. The third kappa shape index (κ3) is 20.2. The van der Waals surface area contributed by atoms with Crippen molar-refractivity contribution in [1.82, 2.24) is 34.3 Å². The van der Waals surface area contributed by atoms with Gasteiger partial charge in [0.2, 0.25) is 6.33 Å². The summed E-state index contributed by atoms with van der Waals surface area (Å²) < 4.78 is 19.9. The minimum Gasteiger partial charge on any atom is -0.457 e. The molecular weight excluding hydrogens is 1150 g/mol. The average Bonchev–Trinajstić information content (AvgIpc) is 4.12. The predicted octanol–water partition coefficient (Wildman–Crippen LogP) is 15.1. The van der Waals surface area contributed by atoms with Gasteiger partial charge in [-0.05, 0) is 119 Å². The van der Waals surface area contributed by atoms with Crippen LogP contribution in [0.2, 0.25) is 0 Å². The van der Waals surface area contributed by atoms with Crippen molar-refractivity contribution in [2.24, 2.45) is 14.1 Å². The van der Waals surface area contributed by atoms with Crippen molar-refractivity contribution in [2.75, 3.05) is 13.1 Å². The van der Waals surface area contributed by atoms with Crippen LogP contribution in [0.4, 0.5) is 11.4 Å². The van der Waals surface area contributed by atoms with Gasteiger partial charge in [0.1, 0.15) is 29.3 Å². The molecule has 0 aliphatic rings. The summed E-state index contributed by atoms with van der Waals surface area (Å²) in [6.45, 7) is 19.4. The van der Waals surface area contributed by atoms with Gasteiger partial charge in [-0.1, -0.05) is 173 Å². The lowest BCUT2D eigenvalue weighted by Gasteiger charge is -2.21. The molecule has 10 aromatic rings. The number of aliphatic hydroxyl groups is 1. The molecule has 0 bridgehead atoms. The normalized spacial score (nSPS) is 10.6. The molecule has 82 heavy (non-hydrogen) atoms. The minimum atomic E-state index is 0. The van der Waals surface area contributed by atoms with Gasteiger partial charge in [0.15, 0.2) is 17.2 Å². The van der Waals surface area contributed by atoms with Crippen molar-refractivity contribution in [3.8, 4) is 23.0 Å². The topological polar surface area (TPSA) is 106 Å². The van der Waals surface area contributed by atoms with Crippen LogP contribution >= 0.6 is 31.9 Å². The lowest BCUT2D eigenvalue weighted by atomic mass is 10.1. The minimum absolute atomic E-state index is 0. The summed E-state index contributed by atoms with van der Waals surface area (Å²) >= 11 is 7.04. The fourth-order valence-electron chi connectivity index (χ4n) is 8.59. The Morgan fingerprint density at radius 2 is 0.902 bits per heavy atom. The molecule has 0 saturated carbocycles. The average molecular weight is 1220 g/mol. The molecule has 0 aliphatic heterocycles. The van der Waals surface area contributed by atoms with Crippen molar-refractivity contribution in [3.05, 3.63) is 296 Å². The Labute approximate surface area is 499 Å². The maximum atomic E-state index is 8.62. The Morgan fingerprint density at radius 1 is 0.488 bits per heavy atom. The first-order valence-corrected chi connectivity index (χ1v) is 28.0. The van der Waals surface area contributed by atoms with Crippen LogP contribution in [0.15, 0.2) is 228 Å². The summed E-state index contributed by atoms with van der Waals surface area (Å²) in [6.07, 6.45) is 5.68. The van der Waals surface area contributed by atoms with Gasteiger partial charge in [-0.25, -0.2) is 19.2 Å². The van der Waals surface area contributed by atoms with Crippen molar-refractivity contribution in [3.63, 3.8) is 0 Å². The van der Waals surface area contributed by atoms with Gasteiger partial charge in [0.25, 0.3) is 5.82 Å².